The van der Waals surface area contributed by atoms with Crippen molar-refractivity contribution in [3.63, 3.8) is 0 Å². The number of carbonyl (C=O) groups excluding carboxylic acids is 3. The zero-order valence-corrected chi connectivity index (χ0v) is 19.6. The van der Waals surface area contributed by atoms with Crippen LogP contribution in [0.2, 0.25) is 0 Å². The quantitative estimate of drug-likeness (QED) is 0.516. The summed E-state index contributed by atoms with van der Waals surface area (Å²) in [5.41, 5.74) is 0.464. The van der Waals surface area contributed by atoms with Crippen LogP contribution in [0.1, 0.15) is 62.7 Å². The molecule has 2 saturated heterocycles. The van der Waals surface area contributed by atoms with Crippen LogP contribution in [0.4, 0.5) is 0 Å². The van der Waals surface area contributed by atoms with Crippen LogP contribution < -0.4 is 20.7 Å². The van der Waals surface area contributed by atoms with Gasteiger partial charge in [0.05, 0.1) is 0 Å². The molecule has 0 radical (unpaired) electrons. The van der Waals surface area contributed by atoms with Crippen molar-refractivity contribution in [1.29, 1.82) is 0 Å². The number of imide groups is 1. The molecular formula is C25H36N4O4. The second-order valence-electron chi connectivity index (χ2n) is 9.85. The first-order valence-corrected chi connectivity index (χ1v) is 12.3. The molecule has 3 N–H and O–H groups in total. The van der Waals surface area contributed by atoms with Gasteiger partial charge >= 0.3 is 0 Å². The number of benzene rings is 1. The second-order valence-corrected chi connectivity index (χ2v) is 9.85. The lowest BCUT2D eigenvalue weighted by Crippen LogP contribution is -2.53. The van der Waals surface area contributed by atoms with Crippen molar-refractivity contribution in [2.24, 2.45) is 5.92 Å². The van der Waals surface area contributed by atoms with E-state index in [2.05, 4.69) is 34.7 Å². The minimum Gasteiger partial charge on any atom is -0.490 e. The van der Waals surface area contributed by atoms with Crippen LogP contribution in [0.3, 0.4) is 0 Å². The Bertz CT molecular complexity index is 844. The van der Waals surface area contributed by atoms with Gasteiger partial charge in [-0.1, -0.05) is 0 Å². The Morgan fingerprint density at radius 1 is 1.12 bits per heavy atom. The van der Waals surface area contributed by atoms with Gasteiger partial charge in [0.1, 0.15) is 17.9 Å². The minimum atomic E-state index is -0.674. The van der Waals surface area contributed by atoms with Crippen molar-refractivity contribution < 1.29 is 19.1 Å². The van der Waals surface area contributed by atoms with Gasteiger partial charge in [-0.15, -0.1) is 0 Å². The van der Waals surface area contributed by atoms with Crippen LogP contribution in [0.5, 0.6) is 5.75 Å². The van der Waals surface area contributed by atoms with E-state index in [1.165, 1.54) is 19.4 Å². The van der Waals surface area contributed by atoms with Crippen molar-refractivity contribution in [1.82, 2.24) is 20.9 Å². The van der Waals surface area contributed by atoms with E-state index in [0.717, 1.165) is 37.6 Å². The molecule has 8 nitrogen and oxygen atoms in total. The summed E-state index contributed by atoms with van der Waals surface area (Å²) >= 11 is 0. The Balaban J connectivity index is 1.23. The summed E-state index contributed by atoms with van der Waals surface area (Å²) in [5, 5.41) is 8.40. The van der Waals surface area contributed by atoms with E-state index in [0.29, 0.717) is 24.1 Å². The smallest absolute Gasteiger partial charge is 0.251 e. The Kier molecular flexibility index (Phi) is 7.65. The number of rotatable bonds is 8. The van der Waals surface area contributed by atoms with Gasteiger partial charge in [0.2, 0.25) is 11.8 Å². The maximum Gasteiger partial charge on any atom is 0.251 e. The van der Waals surface area contributed by atoms with Crippen molar-refractivity contribution in [3.05, 3.63) is 29.8 Å². The third kappa shape index (κ3) is 6.12. The standard InChI is InChI=1S/C25H36N4O4/c1-16(2)29(15-17-9-11-26-12-10-17)19-13-21(14-19)33-20-5-3-18(4-6-20)24(31)27-22-7-8-23(30)28-25(22)32/h3-6,16-17,19,21-22,26H,7-15H2,1-2H3,(H,27,31)(H,28,30,32)/t19-,21-,22?. The van der Waals surface area contributed by atoms with Gasteiger partial charge < -0.3 is 15.4 Å². The van der Waals surface area contributed by atoms with Gasteiger partial charge in [0.15, 0.2) is 0 Å². The molecule has 3 amide bonds. The normalized spacial score (nSPS) is 26.1. The molecule has 3 aliphatic rings. The number of nitrogens with zero attached hydrogens (tertiary/aromatic N) is 1. The van der Waals surface area contributed by atoms with Gasteiger partial charge in [-0.2, -0.15) is 0 Å². The van der Waals surface area contributed by atoms with Gasteiger partial charge in [0, 0.05) is 43.5 Å². The molecule has 33 heavy (non-hydrogen) atoms. The average molecular weight is 457 g/mol. The summed E-state index contributed by atoms with van der Waals surface area (Å²) < 4.78 is 6.14. The largest absolute Gasteiger partial charge is 0.490 e. The van der Waals surface area contributed by atoms with Gasteiger partial charge in [-0.05, 0) is 76.4 Å². The lowest BCUT2D eigenvalue weighted by Gasteiger charge is -2.46. The van der Waals surface area contributed by atoms with Crippen LogP contribution in [0.15, 0.2) is 24.3 Å². The van der Waals surface area contributed by atoms with Crippen molar-refractivity contribution in [2.75, 3.05) is 19.6 Å². The second kappa shape index (κ2) is 10.7. The average Bonchev–Trinajstić information content (AvgIpc) is 2.77. The highest BCUT2D eigenvalue weighted by molar-refractivity contribution is 6.03. The van der Waals surface area contributed by atoms with E-state index >= 15 is 0 Å². The monoisotopic (exact) mass is 456 g/mol. The molecule has 180 valence electrons. The molecule has 8 heteroatoms. The zero-order valence-electron chi connectivity index (χ0n) is 19.6. The van der Waals surface area contributed by atoms with Gasteiger partial charge in [0.25, 0.3) is 5.91 Å². The van der Waals surface area contributed by atoms with Gasteiger partial charge in [-0.25, -0.2) is 0 Å². The summed E-state index contributed by atoms with van der Waals surface area (Å²) in [6, 6.07) is 7.47. The molecule has 2 heterocycles. The maximum absolute atomic E-state index is 12.5. The predicted octanol–water partition coefficient (Wildman–Crippen LogP) is 1.84. The first-order valence-electron chi connectivity index (χ1n) is 12.3. The first-order chi connectivity index (χ1) is 15.9. The van der Waals surface area contributed by atoms with Gasteiger partial charge in [-0.3, -0.25) is 24.6 Å². The molecule has 1 unspecified atom stereocenters. The molecule has 1 aromatic rings. The van der Waals surface area contributed by atoms with Crippen LogP contribution in [-0.2, 0) is 9.59 Å². The number of ether oxygens (including phenoxy) is 1. The van der Waals surface area contributed by atoms with E-state index < -0.39 is 11.9 Å². The Hall–Kier alpha value is -2.45. The molecule has 3 fully saturated rings. The van der Waals surface area contributed by atoms with E-state index in [1.54, 1.807) is 12.1 Å². The molecule has 0 bridgehead atoms. The minimum absolute atomic E-state index is 0.201. The molecule has 0 aromatic heterocycles. The number of carbonyl (C=O) groups is 3. The lowest BCUT2D eigenvalue weighted by molar-refractivity contribution is -0.134. The van der Waals surface area contributed by atoms with E-state index in [1.807, 2.05) is 12.1 Å². The molecule has 1 aliphatic carbocycles. The topological polar surface area (TPSA) is 99.8 Å². The van der Waals surface area contributed by atoms with Crippen LogP contribution in [0.25, 0.3) is 0 Å². The van der Waals surface area contributed by atoms with E-state index in [4.69, 9.17) is 4.74 Å². The maximum atomic E-state index is 12.5. The lowest BCUT2D eigenvalue weighted by atomic mass is 9.85. The Morgan fingerprint density at radius 3 is 2.45 bits per heavy atom. The number of hydrogen-bond donors (Lipinski definition) is 3. The number of amides is 3. The van der Waals surface area contributed by atoms with Crippen LogP contribution in [-0.4, -0.2) is 66.5 Å². The predicted molar refractivity (Wildman–Crippen MR) is 125 cm³/mol. The Labute approximate surface area is 195 Å². The summed E-state index contributed by atoms with van der Waals surface area (Å²) in [6.45, 7) is 8.01. The summed E-state index contributed by atoms with van der Waals surface area (Å²) in [6.07, 6.45) is 5.34. The van der Waals surface area contributed by atoms with Crippen molar-refractivity contribution >= 4 is 17.7 Å². The fourth-order valence-corrected chi connectivity index (χ4v) is 5.00. The summed E-state index contributed by atoms with van der Waals surface area (Å²) in [5.74, 6) is 0.464. The van der Waals surface area contributed by atoms with E-state index in [-0.39, 0.29) is 24.3 Å². The highest BCUT2D eigenvalue weighted by Crippen LogP contribution is 2.32. The summed E-state index contributed by atoms with van der Waals surface area (Å²) in [4.78, 5) is 38.2. The SMILES string of the molecule is CC(C)N(CC1CCNCC1)[C@H]1C[C@H](Oc2ccc(C(=O)NC3CCC(=O)NC3=O)cc2)C1. The molecule has 0 spiro atoms. The van der Waals surface area contributed by atoms with E-state index in [9.17, 15) is 14.4 Å². The first kappa shape index (κ1) is 23.7. The molecule has 1 aromatic carbocycles. The van der Waals surface area contributed by atoms with Crippen LogP contribution >= 0.6 is 0 Å². The van der Waals surface area contributed by atoms with Crippen LogP contribution in [0, 0.1) is 5.92 Å². The number of piperidine rings is 2. The fraction of sp³-hybridized carbons (Fsp3) is 0.640. The molecule has 1 atom stereocenters. The van der Waals surface area contributed by atoms with Crippen molar-refractivity contribution in [2.45, 2.75) is 76.6 Å². The molecule has 2 aliphatic heterocycles. The highest BCUT2D eigenvalue weighted by atomic mass is 16.5. The number of hydrogen-bond acceptors (Lipinski definition) is 6. The third-order valence-electron chi connectivity index (χ3n) is 7.09. The zero-order chi connectivity index (χ0) is 23.4. The molecule has 4 rings (SSSR count). The fourth-order valence-electron chi connectivity index (χ4n) is 5.00. The molecule has 1 saturated carbocycles. The third-order valence-corrected chi connectivity index (χ3v) is 7.09. The number of nitrogens with one attached hydrogen (secondary N) is 3. The van der Waals surface area contributed by atoms with Crippen molar-refractivity contribution in [3.8, 4) is 5.75 Å². The highest BCUT2D eigenvalue weighted by Gasteiger charge is 2.37. The molecular weight excluding hydrogens is 420 g/mol. The summed E-state index contributed by atoms with van der Waals surface area (Å²) in [7, 11) is 0. The Morgan fingerprint density at radius 2 is 1.82 bits per heavy atom.